The average Bonchev–Trinajstić information content (AvgIpc) is 3.33. The largest absolute Gasteiger partial charge is 0.473 e. The Balaban J connectivity index is 1.58. The van der Waals surface area contributed by atoms with Crippen molar-refractivity contribution in [3.8, 4) is 5.88 Å². The summed E-state index contributed by atoms with van der Waals surface area (Å²) in [5, 5.41) is 0. The highest BCUT2D eigenvalue weighted by atomic mass is 16.5. The van der Waals surface area contributed by atoms with Gasteiger partial charge in [-0.05, 0) is 57.7 Å². The van der Waals surface area contributed by atoms with Crippen molar-refractivity contribution in [2.75, 3.05) is 32.7 Å². The fourth-order valence-electron chi connectivity index (χ4n) is 3.59. The Bertz CT molecular complexity index is 561. The number of nitrogens with zero attached hydrogens (tertiary/aromatic N) is 3. The Morgan fingerprint density at radius 3 is 2.56 bits per heavy atom. The molecular weight excluding hydrogens is 314 g/mol. The number of ether oxygens (including phenoxy) is 1. The lowest BCUT2D eigenvalue weighted by Gasteiger charge is -2.24. The molecule has 2 fully saturated rings. The molecule has 0 aliphatic carbocycles. The van der Waals surface area contributed by atoms with E-state index < -0.39 is 0 Å². The number of hydrogen-bond donors (Lipinski definition) is 0. The minimum atomic E-state index is 0.0804. The predicted molar refractivity (Wildman–Crippen MR) is 98.9 cm³/mol. The molecule has 0 aromatic carbocycles. The SMILES string of the molecule is C=CCCC(CN1CCCC1)Oc1ccc(C(=O)N2CCCC2)cn1. The maximum atomic E-state index is 12.4. The zero-order valence-electron chi connectivity index (χ0n) is 15.0. The van der Waals surface area contributed by atoms with Crippen LogP contribution in [0.4, 0.5) is 0 Å². The van der Waals surface area contributed by atoms with Crippen LogP contribution in [-0.4, -0.2) is 59.5 Å². The summed E-state index contributed by atoms with van der Waals surface area (Å²) in [4.78, 5) is 21.1. The molecule has 2 aliphatic heterocycles. The minimum Gasteiger partial charge on any atom is -0.473 e. The smallest absolute Gasteiger partial charge is 0.255 e. The van der Waals surface area contributed by atoms with Crippen LogP contribution in [0, 0.1) is 0 Å². The summed E-state index contributed by atoms with van der Waals surface area (Å²) < 4.78 is 6.11. The number of aromatic nitrogens is 1. The first-order chi connectivity index (χ1) is 12.3. The molecule has 1 aromatic rings. The van der Waals surface area contributed by atoms with Crippen LogP contribution >= 0.6 is 0 Å². The van der Waals surface area contributed by atoms with E-state index in [0.29, 0.717) is 11.4 Å². The monoisotopic (exact) mass is 343 g/mol. The second-order valence-corrected chi connectivity index (χ2v) is 7.00. The lowest BCUT2D eigenvalue weighted by molar-refractivity contribution is 0.0792. The first kappa shape index (κ1) is 17.9. The van der Waals surface area contributed by atoms with Gasteiger partial charge in [-0.2, -0.15) is 0 Å². The Kier molecular flexibility index (Phi) is 6.45. The van der Waals surface area contributed by atoms with Gasteiger partial charge in [0.2, 0.25) is 5.88 Å². The van der Waals surface area contributed by atoms with Crippen LogP contribution in [0.3, 0.4) is 0 Å². The summed E-state index contributed by atoms with van der Waals surface area (Å²) in [7, 11) is 0. The second-order valence-electron chi connectivity index (χ2n) is 7.00. The van der Waals surface area contributed by atoms with Gasteiger partial charge in [-0.1, -0.05) is 6.08 Å². The van der Waals surface area contributed by atoms with Crippen molar-refractivity contribution in [3.63, 3.8) is 0 Å². The van der Waals surface area contributed by atoms with Gasteiger partial charge in [0, 0.05) is 31.9 Å². The molecule has 0 spiro atoms. The van der Waals surface area contributed by atoms with Crippen molar-refractivity contribution in [2.45, 2.75) is 44.6 Å². The minimum absolute atomic E-state index is 0.0804. The predicted octanol–water partition coefficient (Wildman–Crippen LogP) is 3.13. The molecule has 0 bridgehead atoms. The number of carbonyl (C=O) groups is 1. The van der Waals surface area contributed by atoms with Crippen molar-refractivity contribution < 1.29 is 9.53 Å². The normalized spacial score (nSPS) is 19.1. The molecule has 1 unspecified atom stereocenters. The summed E-state index contributed by atoms with van der Waals surface area (Å²) in [5.74, 6) is 0.683. The highest BCUT2D eigenvalue weighted by Crippen LogP contribution is 2.18. The van der Waals surface area contributed by atoms with Gasteiger partial charge in [0.1, 0.15) is 6.10 Å². The first-order valence-corrected chi connectivity index (χ1v) is 9.51. The van der Waals surface area contributed by atoms with Gasteiger partial charge in [0.05, 0.1) is 5.56 Å². The second kappa shape index (κ2) is 8.99. The zero-order chi connectivity index (χ0) is 17.5. The van der Waals surface area contributed by atoms with Crippen LogP contribution in [0.2, 0.25) is 0 Å². The molecule has 3 rings (SSSR count). The summed E-state index contributed by atoms with van der Waals surface area (Å²) in [6.07, 6.45) is 10.3. The molecule has 1 aromatic heterocycles. The number of likely N-dealkylation sites (tertiary alicyclic amines) is 2. The van der Waals surface area contributed by atoms with Gasteiger partial charge in [-0.25, -0.2) is 4.98 Å². The van der Waals surface area contributed by atoms with Crippen LogP contribution in [0.5, 0.6) is 5.88 Å². The Labute approximate surface area is 150 Å². The summed E-state index contributed by atoms with van der Waals surface area (Å²) in [6, 6.07) is 3.66. The molecule has 1 amide bonds. The molecule has 3 heterocycles. The molecule has 0 saturated carbocycles. The van der Waals surface area contributed by atoms with Crippen LogP contribution < -0.4 is 4.74 Å². The number of pyridine rings is 1. The van der Waals surface area contributed by atoms with E-state index in [0.717, 1.165) is 58.4 Å². The number of allylic oxidation sites excluding steroid dienone is 1. The quantitative estimate of drug-likeness (QED) is 0.680. The fourth-order valence-corrected chi connectivity index (χ4v) is 3.59. The van der Waals surface area contributed by atoms with Crippen LogP contribution in [-0.2, 0) is 0 Å². The van der Waals surface area contributed by atoms with Gasteiger partial charge in [-0.15, -0.1) is 6.58 Å². The first-order valence-electron chi connectivity index (χ1n) is 9.51. The molecule has 2 saturated heterocycles. The van der Waals surface area contributed by atoms with E-state index in [4.69, 9.17) is 4.74 Å². The van der Waals surface area contributed by atoms with Gasteiger partial charge >= 0.3 is 0 Å². The van der Waals surface area contributed by atoms with Crippen molar-refractivity contribution in [1.29, 1.82) is 0 Å². The Morgan fingerprint density at radius 1 is 1.20 bits per heavy atom. The molecule has 5 heteroatoms. The van der Waals surface area contributed by atoms with Crippen molar-refractivity contribution in [3.05, 3.63) is 36.5 Å². The number of rotatable bonds is 8. The third-order valence-corrected chi connectivity index (χ3v) is 5.02. The fraction of sp³-hybridized carbons (Fsp3) is 0.600. The van der Waals surface area contributed by atoms with E-state index in [9.17, 15) is 4.79 Å². The molecule has 0 N–H and O–H groups in total. The van der Waals surface area contributed by atoms with E-state index >= 15 is 0 Å². The molecule has 136 valence electrons. The Morgan fingerprint density at radius 2 is 1.92 bits per heavy atom. The van der Waals surface area contributed by atoms with Gasteiger partial charge in [0.15, 0.2) is 0 Å². The number of carbonyl (C=O) groups excluding carboxylic acids is 1. The maximum Gasteiger partial charge on any atom is 0.255 e. The molecule has 0 radical (unpaired) electrons. The van der Waals surface area contributed by atoms with E-state index in [2.05, 4.69) is 16.5 Å². The van der Waals surface area contributed by atoms with Crippen LogP contribution in [0.25, 0.3) is 0 Å². The van der Waals surface area contributed by atoms with Crippen LogP contribution in [0.15, 0.2) is 31.0 Å². The van der Waals surface area contributed by atoms with Crippen molar-refractivity contribution >= 4 is 5.91 Å². The third-order valence-electron chi connectivity index (χ3n) is 5.02. The van der Waals surface area contributed by atoms with Crippen molar-refractivity contribution in [1.82, 2.24) is 14.8 Å². The van der Waals surface area contributed by atoms with E-state index in [1.54, 1.807) is 6.20 Å². The highest BCUT2D eigenvalue weighted by molar-refractivity contribution is 5.94. The van der Waals surface area contributed by atoms with E-state index in [-0.39, 0.29) is 12.0 Å². The summed E-state index contributed by atoms with van der Waals surface area (Å²) >= 11 is 0. The van der Waals surface area contributed by atoms with Crippen molar-refractivity contribution in [2.24, 2.45) is 0 Å². The van der Waals surface area contributed by atoms with Gasteiger partial charge in [0.25, 0.3) is 5.91 Å². The van der Waals surface area contributed by atoms with Crippen LogP contribution in [0.1, 0.15) is 48.9 Å². The molecule has 5 nitrogen and oxygen atoms in total. The van der Waals surface area contributed by atoms with E-state index in [1.807, 2.05) is 23.1 Å². The number of amides is 1. The van der Waals surface area contributed by atoms with Gasteiger partial charge in [-0.3, -0.25) is 9.69 Å². The molecule has 2 aliphatic rings. The summed E-state index contributed by atoms with van der Waals surface area (Å²) in [6.45, 7) is 8.78. The topological polar surface area (TPSA) is 45.7 Å². The summed E-state index contributed by atoms with van der Waals surface area (Å²) in [5.41, 5.74) is 0.649. The number of hydrogen-bond acceptors (Lipinski definition) is 4. The maximum absolute atomic E-state index is 12.4. The standard InChI is InChI=1S/C20H29N3O2/c1-2-3-8-18(16-22-11-4-5-12-22)25-19-10-9-17(15-21-19)20(24)23-13-6-7-14-23/h2,9-10,15,18H,1,3-8,11-14,16H2. The van der Waals surface area contributed by atoms with Gasteiger partial charge < -0.3 is 9.64 Å². The lowest BCUT2D eigenvalue weighted by Crippen LogP contribution is -2.34. The highest BCUT2D eigenvalue weighted by Gasteiger charge is 2.21. The molecule has 1 atom stereocenters. The molecule has 25 heavy (non-hydrogen) atoms. The Hall–Kier alpha value is -1.88. The van der Waals surface area contributed by atoms with E-state index in [1.165, 1.54) is 12.8 Å². The zero-order valence-corrected chi connectivity index (χ0v) is 15.0. The average molecular weight is 343 g/mol. The third kappa shape index (κ3) is 5.05. The molecular formula is C20H29N3O2. The lowest BCUT2D eigenvalue weighted by atomic mass is 10.2.